The van der Waals surface area contributed by atoms with Crippen LogP contribution in [0.2, 0.25) is 0 Å². The predicted molar refractivity (Wildman–Crippen MR) is 163 cm³/mol. The Labute approximate surface area is 252 Å². The molecule has 3 heterocycles. The largest absolute Gasteiger partial charge is 0.491 e. The standard InChI is InChI=1S/C35H51NO6/c1-7-33(5)23-35(40-25-32(4,26-41-35)24-37-20-29-12-10-9-11-13-29)27(3)34(6,8-2)36(33)42-19-18-28-14-16-30(17-15-28)38-21-31-22-39-31/h9-17,27,31H,7-8,18-26H2,1-6H3. The quantitative estimate of drug-likeness (QED) is 0.248. The first-order chi connectivity index (χ1) is 20.1. The summed E-state index contributed by atoms with van der Waals surface area (Å²) in [4.78, 5) is 6.71. The Morgan fingerprint density at radius 2 is 1.60 bits per heavy atom. The highest BCUT2D eigenvalue weighted by Crippen LogP contribution is 2.54. The van der Waals surface area contributed by atoms with Crippen LogP contribution in [0.4, 0.5) is 0 Å². The van der Waals surface area contributed by atoms with E-state index in [1.807, 2.05) is 30.3 Å². The summed E-state index contributed by atoms with van der Waals surface area (Å²) in [5, 5.41) is 2.30. The fourth-order valence-electron chi connectivity index (χ4n) is 6.51. The maximum atomic E-state index is 6.80. The molecule has 3 aliphatic heterocycles. The van der Waals surface area contributed by atoms with Gasteiger partial charge in [-0.1, -0.05) is 70.2 Å². The van der Waals surface area contributed by atoms with E-state index in [-0.39, 0.29) is 28.5 Å². The SMILES string of the molecule is CCC1(C)CC2(OCC(C)(COCc3ccccc3)CO2)C(C)C(C)(CC)N1OCCc1ccc(OCC2CO2)cc1. The maximum Gasteiger partial charge on any atom is 0.174 e. The van der Waals surface area contributed by atoms with Crippen molar-refractivity contribution in [3.8, 4) is 5.75 Å². The molecule has 1 spiro atoms. The lowest BCUT2D eigenvalue weighted by Gasteiger charge is -2.64. The summed E-state index contributed by atoms with van der Waals surface area (Å²) in [7, 11) is 0. The number of ether oxygens (including phenoxy) is 5. The van der Waals surface area contributed by atoms with Crippen molar-refractivity contribution in [1.29, 1.82) is 0 Å². The van der Waals surface area contributed by atoms with E-state index < -0.39 is 5.79 Å². The first-order valence-corrected chi connectivity index (χ1v) is 15.8. The Morgan fingerprint density at radius 1 is 0.905 bits per heavy atom. The lowest BCUT2D eigenvalue weighted by atomic mass is 9.67. The highest BCUT2D eigenvalue weighted by Gasteiger charge is 2.63. The summed E-state index contributed by atoms with van der Waals surface area (Å²) in [5.41, 5.74) is 1.72. The predicted octanol–water partition coefficient (Wildman–Crippen LogP) is 6.58. The van der Waals surface area contributed by atoms with E-state index in [1.165, 1.54) is 11.1 Å². The number of piperidine rings is 1. The fraction of sp³-hybridized carbons (Fsp3) is 0.657. The van der Waals surface area contributed by atoms with Gasteiger partial charge in [0.05, 0.1) is 45.2 Å². The summed E-state index contributed by atoms with van der Waals surface area (Å²) in [5.74, 6) is 0.334. The van der Waals surface area contributed by atoms with Crippen molar-refractivity contribution in [1.82, 2.24) is 5.06 Å². The molecule has 42 heavy (non-hydrogen) atoms. The van der Waals surface area contributed by atoms with Gasteiger partial charge in [-0.15, -0.1) is 0 Å². The van der Waals surface area contributed by atoms with Crippen molar-refractivity contribution >= 4 is 0 Å². The number of benzene rings is 2. The zero-order valence-corrected chi connectivity index (χ0v) is 26.5. The minimum atomic E-state index is -0.657. The monoisotopic (exact) mass is 581 g/mol. The normalized spacial score (nSPS) is 34.9. The minimum absolute atomic E-state index is 0.108. The third kappa shape index (κ3) is 6.87. The molecule has 232 valence electrons. The molecule has 3 aliphatic rings. The van der Waals surface area contributed by atoms with Gasteiger partial charge in [0.25, 0.3) is 0 Å². The van der Waals surface area contributed by atoms with E-state index in [0.717, 1.165) is 38.0 Å². The highest BCUT2D eigenvalue weighted by atomic mass is 16.7. The van der Waals surface area contributed by atoms with Gasteiger partial charge in [-0.2, -0.15) is 5.06 Å². The molecule has 0 N–H and O–H groups in total. The number of nitrogens with zero attached hydrogens (tertiary/aromatic N) is 1. The molecule has 0 aliphatic carbocycles. The minimum Gasteiger partial charge on any atom is -0.491 e. The third-order valence-electron chi connectivity index (χ3n) is 9.92. The van der Waals surface area contributed by atoms with Crippen LogP contribution in [0.5, 0.6) is 5.75 Å². The van der Waals surface area contributed by atoms with Crippen molar-refractivity contribution in [2.45, 2.75) is 96.8 Å². The lowest BCUT2D eigenvalue weighted by molar-refractivity contribution is -0.410. The Kier molecular flexibility index (Phi) is 9.67. The molecule has 4 unspecified atom stereocenters. The fourth-order valence-corrected chi connectivity index (χ4v) is 6.51. The first-order valence-electron chi connectivity index (χ1n) is 15.8. The zero-order valence-electron chi connectivity index (χ0n) is 26.5. The van der Waals surface area contributed by atoms with E-state index in [1.54, 1.807) is 0 Å². The third-order valence-corrected chi connectivity index (χ3v) is 9.92. The first kappa shape index (κ1) is 31.4. The van der Waals surface area contributed by atoms with Gasteiger partial charge in [0, 0.05) is 23.3 Å². The van der Waals surface area contributed by atoms with Crippen LogP contribution in [-0.4, -0.2) is 67.7 Å². The zero-order chi connectivity index (χ0) is 29.8. The molecule has 0 amide bonds. The average Bonchev–Trinajstić information content (AvgIpc) is 3.84. The molecule has 7 nitrogen and oxygen atoms in total. The van der Waals surface area contributed by atoms with E-state index in [9.17, 15) is 0 Å². The topological polar surface area (TPSA) is 61.9 Å². The van der Waals surface area contributed by atoms with Gasteiger partial charge >= 0.3 is 0 Å². The summed E-state index contributed by atoms with van der Waals surface area (Å²) in [6.45, 7) is 18.0. The molecular formula is C35H51NO6. The van der Waals surface area contributed by atoms with Crippen LogP contribution in [0.25, 0.3) is 0 Å². The smallest absolute Gasteiger partial charge is 0.174 e. The van der Waals surface area contributed by atoms with Crippen molar-refractivity contribution in [3.05, 3.63) is 65.7 Å². The second-order valence-corrected chi connectivity index (χ2v) is 13.4. The number of epoxide rings is 1. The second-order valence-electron chi connectivity index (χ2n) is 13.4. The summed E-state index contributed by atoms with van der Waals surface area (Å²) in [6, 6.07) is 18.6. The van der Waals surface area contributed by atoms with Crippen LogP contribution in [-0.2, 0) is 36.8 Å². The molecule has 7 heteroatoms. The van der Waals surface area contributed by atoms with E-state index in [0.29, 0.717) is 39.6 Å². The van der Waals surface area contributed by atoms with Gasteiger partial charge in [-0.05, 0) is 56.4 Å². The van der Waals surface area contributed by atoms with Crippen molar-refractivity contribution < 1.29 is 28.5 Å². The lowest BCUT2D eigenvalue weighted by Crippen LogP contribution is -2.74. The van der Waals surface area contributed by atoms with Gasteiger partial charge < -0.3 is 23.7 Å². The Balaban J connectivity index is 1.19. The Bertz CT molecular complexity index is 1130. The Morgan fingerprint density at radius 3 is 2.21 bits per heavy atom. The van der Waals surface area contributed by atoms with Gasteiger partial charge in [0.2, 0.25) is 0 Å². The molecule has 4 atom stereocenters. The average molecular weight is 582 g/mol. The second kappa shape index (κ2) is 12.9. The molecule has 0 radical (unpaired) electrons. The van der Waals surface area contributed by atoms with Crippen LogP contribution in [0, 0.1) is 11.3 Å². The molecule has 3 fully saturated rings. The van der Waals surface area contributed by atoms with Crippen LogP contribution in [0.15, 0.2) is 54.6 Å². The molecule has 2 aromatic carbocycles. The van der Waals surface area contributed by atoms with Crippen LogP contribution in [0.3, 0.4) is 0 Å². The van der Waals surface area contributed by atoms with Crippen molar-refractivity contribution in [2.75, 3.05) is 39.6 Å². The molecular weight excluding hydrogens is 530 g/mol. The Hall–Kier alpha value is -2.00. The number of hydrogen-bond donors (Lipinski definition) is 0. The van der Waals surface area contributed by atoms with Crippen LogP contribution >= 0.6 is 0 Å². The molecule has 5 rings (SSSR count). The number of hydrogen-bond acceptors (Lipinski definition) is 7. The van der Waals surface area contributed by atoms with E-state index in [4.69, 9.17) is 28.5 Å². The van der Waals surface area contributed by atoms with Crippen molar-refractivity contribution in [2.24, 2.45) is 11.3 Å². The summed E-state index contributed by atoms with van der Waals surface area (Å²) < 4.78 is 30.7. The van der Waals surface area contributed by atoms with Gasteiger partial charge in [-0.25, -0.2) is 0 Å². The van der Waals surface area contributed by atoms with Crippen LogP contribution < -0.4 is 4.74 Å². The molecule has 0 bridgehead atoms. The summed E-state index contributed by atoms with van der Waals surface area (Å²) >= 11 is 0. The summed E-state index contributed by atoms with van der Waals surface area (Å²) in [6.07, 6.45) is 3.70. The van der Waals surface area contributed by atoms with Gasteiger partial charge in [0.15, 0.2) is 5.79 Å². The number of hydroxylamine groups is 2. The van der Waals surface area contributed by atoms with Gasteiger partial charge in [-0.3, -0.25) is 4.84 Å². The molecule has 0 saturated carbocycles. The molecule has 0 aromatic heterocycles. The van der Waals surface area contributed by atoms with E-state index in [2.05, 4.69) is 70.9 Å². The van der Waals surface area contributed by atoms with E-state index >= 15 is 0 Å². The van der Waals surface area contributed by atoms with Crippen molar-refractivity contribution in [3.63, 3.8) is 0 Å². The highest BCUT2D eigenvalue weighted by molar-refractivity contribution is 5.27. The van der Waals surface area contributed by atoms with Gasteiger partial charge in [0.1, 0.15) is 18.5 Å². The van der Waals surface area contributed by atoms with Crippen LogP contribution in [0.1, 0.15) is 71.9 Å². The maximum absolute atomic E-state index is 6.80. The molecule has 2 aromatic rings. The molecule has 3 saturated heterocycles. The number of rotatable bonds is 13.